The number of anilines is 2. The van der Waals surface area contributed by atoms with Gasteiger partial charge in [0.15, 0.2) is 0 Å². The second-order valence-corrected chi connectivity index (χ2v) is 4.03. The van der Waals surface area contributed by atoms with Crippen molar-refractivity contribution in [3.05, 3.63) is 16.5 Å². The van der Waals surface area contributed by atoms with E-state index in [0.29, 0.717) is 10.2 Å². The molecule has 0 aliphatic rings. The first-order chi connectivity index (χ1) is 7.54. The van der Waals surface area contributed by atoms with Crippen molar-refractivity contribution in [2.75, 3.05) is 11.5 Å². The molecule has 0 aromatic carbocycles. The van der Waals surface area contributed by atoms with Gasteiger partial charge in [-0.1, -0.05) is 0 Å². The quantitative estimate of drug-likeness (QED) is 0.676. The summed E-state index contributed by atoms with van der Waals surface area (Å²) in [6.45, 7) is 0. The Balaban J connectivity index is 2.84. The van der Waals surface area contributed by atoms with E-state index in [4.69, 9.17) is 21.8 Å². The highest BCUT2D eigenvalue weighted by atomic mass is 32.1. The van der Waals surface area contributed by atoms with Gasteiger partial charge in [0.05, 0.1) is 11.3 Å². The van der Waals surface area contributed by atoms with Crippen LogP contribution in [-0.4, -0.2) is 16.1 Å². The van der Waals surface area contributed by atoms with E-state index in [1.54, 1.807) is 0 Å². The van der Waals surface area contributed by atoms with E-state index in [-0.39, 0.29) is 21.9 Å². The molecule has 2 heterocycles. The lowest BCUT2D eigenvalue weighted by Gasteiger charge is -1.96. The third-order valence-electron chi connectivity index (χ3n) is 2.07. The summed E-state index contributed by atoms with van der Waals surface area (Å²) in [5.41, 5.74) is 11.5. The summed E-state index contributed by atoms with van der Waals surface area (Å²) in [6.07, 6.45) is 0. The van der Waals surface area contributed by atoms with E-state index in [9.17, 15) is 4.79 Å². The molecule has 0 bridgehead atoms. The zero-order valence-corrected chi connectivity index (χ0v) is 8.71. The highest BCUT2D eigenvalue weighted by molar-refractivity contribution is 7.21. The van der Waals surface area contributed by atoms with Crippen LogP contribution in [0.5, 0.6) is 0 Å². The molecule has 6 nitrogen and oxygen atoms in total. The van der Waals surface area contributed by atoms with E-state index in [1.807, 2.05) is 6.07 Å². The Morgan fingerprint density at radius 2 is 2.25 bits per heavy atom. The summed E-state index contributed by atoms with van der Waals surface area (Å²) in [5.74, 6) is -1.04. The molecule has 2 rings (SSSR count). The molecule has 0 aliphatic carbocycles. The van der Waals surface area contributed by atoms with Crippen molar-refractivity contribution < 1.29 is 9.90 Å². The number of hydrogen-bond donors (Lipinski definition) is 3. The first kappa shape index (κ1) is 10.2. The van der Waals surface area contributed by atoms with Crippen LogP contribution in [0.15, 0.2) is 6.07 Å². The van der Waals surface area contributed by atoms with Gasteiger partial charge >= 0.3 is 5.97 Å². The number of hydrogen-bond acceptors (Lipinski definition) is 6. The standard InChI is InChI=1S/C9H6N4O2S/c10-2-3-1-4-5(11)6(9(14)15)16-8(4)13-7(3)12/h1H,11H2,(H2,12,13)(H,14,15). The molecule has 0 unspecified atom stereocenters. The van der Waals surface area contributed by atoms with Gasteiger partial charge in [-0.2, -0.15) is 5.26 Å². The number of nitrogens with two attached hydrogens (primary N) is 2. The Bertz CT molecular complexity index is 641. The molecule has 0 radical (unpaired) electrons. The molecule has 2 aromatic heterocycles. The van der Waals surface area contributed by atoms with Gasteiger partial charge in [0, 0.05) is 5.39 Å². The maximum absolute atomic E-state index is 10.8. The number of aromatic nitrogens is 1. The van der Waals surface area contributed by atoms with Crippen molar-refractivity contribution in [1.82, 2.24) is 4.98 Å². The molecule has 0 atom stereocenters. The Hall–Kier alpha value is -2.33. The van der Waals surface area contributed by atoms with E-state index in [2.05, 4.69) is 4.98 Å². The molecule has 7 heteroatoms. The van der Waals surface area contributed by atoms with Gasteiger partial charge in [-0.25, -0.2) is 9.78 Å². The third-order valence-corrected chi connectivity index (χ3v) is 3.17. The topological polar surface area (TPSA) is 126 Å². The number of nitrogen functional groups attached to an aromatic ring is 2. The lowest BCUT2D eigenvalue weighted by atomic mass is 10.2. The van der Waals surface area contributed by atoms with Gasteiger partial charge in [-0.05, 0) is 6.07 Å². The number of nitriles is 1. The number of carbonyl (C=O) groups is 1. The Morgan fingerprint density at radius 1 is 1.56 bits per heavy atom. The number of fused-ring (bicyclic) bond motifs is 1. The largest absolute Gasteiger partial charge is 0.477 e. The maximum Gasteiger partial charge on any atom is 0.348 e. The number of carboxylic acid groups (broad SMARTS) is 1. The maximum atomic E-state index is 10.8. The summed E-state index contributed by atoms with van der Waals surface area (Å²) < 4.78 is 0. The van der Waals surface area contributed by atoms with Crippen LogP contribution in [0.2, 0.25) is 0 Å². The van der Waals surface area contributed by atoms with Crippen LogP contribution in [0, 0.1) is 11.3 Å². The molecule has 0 aliphatic heterocycles. The van der Waals surface area contributed by atoms with Gasteiger partial charge in [-0.15, -0.1) is 11.3 Å². The number of rotatable bonds is 1. The van der Waals surface area contributed by atoms with Crippen molar-refractivity contribution in [3.8, 4) is 6.07 Å². The minimum atomic E-state index is -1.11. The minimum Gasteiger partial charge on any atom is -0.477 e. The zero-order chi connectivity index (χ0) is 11.9. The van der Waals surface area contributed by atoms with E-state index in [1.165, 1.54) is 6.07 Å². The predicted octanol–water partition coefficient (Wildman–Crippen LogP) is 1.03. The average molecular weight is 234 g/mol. The number of aromatic carboxylic acids is 1. The van der Waals surface area contributed by atoms with Crippen LogP contribution in [0.3, 0.4) is 0 Å². The fourth-order valence-electron chi connectivity index (χ4n) is 1.30. The highest BCUT2D eigenvalue weighted by Crippen LogP contribution is 2.33. The van der Waals surface area contributed by atoms with Crippen molar-refractivity contribution >= 4 is 39.0 Å². The Kier molecular flexibility index (Phi) is 2.14. The molecular weight excluding hydrogens is 228 g/mol. The van der Waals surface area contributed by atoms with Crippen LogP contribution in [0.4, 0.5) is 11.5 Å². The summed E-state index contributed by atoms with van der Waals surface area (Å²) >= 11 is 0.940. The molecular formula is C9H6N4O2S. The molecule has 16 heavy (non-hydrogen) atoms. The molecule has 80 valence electrons. The van der Waals surface area contributed by atoms with Gasteiger partial charge in [0.25, 0.3) is 0 Å². The number of nitrogens with zero attached hydrogens (tertiary/aromatic N) is 2. The molecule has 0 amide bonds. The molecule has 0 saturated heterocycles. The molecule has 0 spiro atoms. The van der Waals surface area contributed by atoms with Crippen LogP contribution in [0.25, 0.3) is 10.2 Å². The predicted molar refractivity (Wildman–Crippen MR) is 60.1 cm³/mol. The third kappa shape index (κ3) is 1.32. The van der Waals surface area contributed by atoms with E-state index in [0.717, 1.165) is 11.3 Å². The number of carboxylic acids is 1. The van der Waals surface area contributed by atoms with Crippen LogP contribution in [0.1, 0.15) is 15.2 Å². The molecule has 0 fully saturated rings. The van der Waals surface area contributed by atoms with Crippen LogP contribution in [-0.2, 0) is 0 Å². The van der Waals surface area contributed by atoms with Crippen molar-refractivity contribution in [1.29, 1.82) is 5.26 Å². The van der Waals surface area contributed by atoms with Gasteiger partial charge in [-0.3, -0.25) is 0 Å². The molecule has 0 saturated carbocycles. The van der Waals surface area contributed by atoms with E-state index < -0.39 is 5.97 Å². The summed E-state index contributed by atoms with van der Waals surface area (Å²) in [7, 11) is 0. The minimum absolute atomic E-state index is 0.0111. The van der Waals surface area contributed by atoms with Gasteiger partial charge < -0.3 is 16.6 Å². The van der Waals surface area contributed by atoms with E-state index >= 15 is 0 Å². The van der Waals surface area contributed by atoms with Crippen LogP contribution >= 0.6 is 11.3 Å². The highest BCUT2D eigenvalue weighted by Gasteiger charge is 2.17. The number of pyridine rings is 1. The molecule has 2 aromatic rings. The van der Waals surface area contributed by atoms with Crippen molar-refractivity contribution in [3.63, 3.8) is 0 Å². The normalized spacial score (nSPS) is 10.2. The van der Waals surface area contributed by atoms with Gasteiger partial charge in [0.2, 0.25) is 0 Å². The van der Waals surface area contributed by atoms with Gasteiger partial charge in [0.1, 0.15) is 21.6 Å². The summed E-state index contributed by atoms with van der Waals surface area (Å²) in [5, 5.41) is 18.1. The SMILES string of the molecule is N#Cc1cc2c(N)c(C(=O)O)sc2nc1N. The fraction of sp³-hybridized carbons (Fsp3) is 0. The first-order valence-corrected chi connectivity index (χ1v) is 4.98. The lowest BCUT2D eigenvalue weighted by Crippen LogP contribution is -1.97. The van der Waals surface area contributed by atoms with Crippen molar-refractivity contribution in [2.24, 2.45) is 0 Å². The lowest BCUT2D eigenvalue weighted by molar-refractivity contribution is 0.0703. The zero-order valence-electron chi connectivity index (χ0n) is 7.89. The molecule has 5 N–H and O–H groups in total. The number of thiophene rings is 1. The average Bonchev–Trinajstić information content (AvgIpc) is 2.54. The Labute approximate surface area is 93.7 Å². The smallest absolute Gasteiger partial charge is 0.348 e. The van der Waals surface area contributed by atoms with Crippen LogP contribution < -0.4 is 11.5 Å². The van der Waals surface area contributed by atoms with Crippen molar-refractivity contribution in [2.45, 2.75) is 0 Å². The monoisotopic (exact) mass is 234 g/mol. The second-order valence-electron chi connectivity index (χ2n) is 3.04. The fourth-order valence-corrected chi connectivity index (χ4v) is 2.23. The summed E-state index contributed by atoms with van der Waals surface area (Å²) in [6, 6.07) is 3.32. The Morgan fingerprint density at radius 3 is 2.81 bits per heavy atom. The second kappa shape index (κ2) is 3.36. The summed E-state index contributed by atoms with van der Waals surface area (Å²) in [4.78, 5) is 15.2. The first-order valence-electron chi connectivity index (χ1n) is 4.16.